The van der Waals surface area contributed by atoms with Crippen LogP contribution < -0.4 is 5.32 Å². The van der Waals surface area contributed by atoms with Crippen LogP contribution in [0.4, 0.5) is 0 Å². The highest BCUT2D eigenvalue weighted by Gasteiger charge is 2.26. The molecule has 5 heteroatoms. The number of carboxylic acids is 1. The van der Waals surface area contributed by atoms with Crippen LogP contribution in [0.25, 0.3) is 0 Å². The number of aliphatic hydroxyl groups is 1. The van der Waals surface area contributed by atoms with Crippen LogP contribution in [0.3, 0.4) is 0 Å². The number of amides is 1. The molecular formula is C10H17NO4. The maximum Gasteiger partial charge on any atom is 0.306 e. The number of rotatable bonds is 4. The van der Waals surface area contributed by atoms with E-state index in [-0.39, 0.29) is 30.9 Å². The van der Waals surface area contributed by atoms with E-state index in [1.54, 1.807) is 0 Å². The molecule has 0 atom stereocenters. The van der Waals surface area contributed by atoms with E-state index in [0.717, 1.165) is 0 Å². The second-order valence-corrected chi connectivity index (χ2v) is 3.93. The average molecular weight is 215 g/mol. The van der Waals surface area contributed by atoms with Crippen LogP contribution in [-0.2, 0) is 9.59 Å². The monoisotopic (exact) mass is 215 g/mol. The largest absolute Gasteiger partial charge is 0.481 e. The van der Waals surface area contributed by atoms with Crippen molar-refractivity contribution in [2.45, 2.75) is 38.1 Å². The van der Waals surface area contributed by atoms with Crippen molar-refractivity contribution >= 4 is 11.9 Å². The number of hydrogen-bond donors (Lipinski definition) is 3. The third kappa shape index (κ3) is 3.87. The zero-order valence-electron chi connectivity index (χ0n) is 8.61. The summed E-state index contributed by atoms with van der Waals surface area (Å²) in [6.07, 6.45) is 2.81. The van der Waals surface area contributed by atoms with E-state index in [4.69, 9.17) is 10.2 Å². The number of hydrogen-bond acceptors (Lipinski definition) is 3. The van der Waals surface area contributed by atoms with E-state index in [1.165, 1.54) is 0 Å². The van der Waals surface area contributed by atoms with E-state index in [2.05, 4.69) is 5.32 Å². The lowest BCUT2D eigenvalue weighted by Gasteiger charge is -2.26. The van der Waals surface area contributed by atoms with Gasteiger partial charge in [-0.3, -0.25) is 9.59 Å². The minimum atomic E-state index is -0.741. The fraction of sp³-hybridized carbons (Fsp3) is 0.800. The third-order valence-electron chi connectivity index (χ3n) is 2.78. The number of carbonyl (C=O) groups excluding carboxylic acids is 1. The number of nitrogens with one attached hydrogen (secondary N) is 1. The Bertz CT molecular complexity index is 234. The van der Waals surface area contributed by atoms with Gasteiger partial charge < -0.3 is 15.5 Å². The lowest BCUT2D eigenvalue weighted by Crippen LogP contribution is -2.38. The molecule has 3 N–H and O–H groups in total. The number of aliphatic carboxylic acids is 1. The predicted octanol–water partition coefficient (Wildman–Crippen LogP) is 0.128. The Hall–Kier alpha value is -1.10. The fourth-order valence-electron chi connectivity index (χ4n) is 1.89. The minimum absolute atomic E-state index is 0.0830. The molecule has 0 heterocycles. The Kier molecular flexibility index (Phi) is 4.55. The van der Waals surface area contributed by atoms with Gasteiger partial charge in [0.2, 0.25) is 5.91 Å². The van der Waals surface area contributed by atoms with E-state index in [0.29, 0.717) is 25.7 Å². The third-order valence-corrected chi connectivity index (χ3v) is 2.78. The Morgan fingerprint density at radius 1 is 1.20 bits per heavy atom. The zero-order chi connectivity index (χ0) is 11.3. The van der Waals surface area contributed by atoms with Crippen molar-refractivity contribution in [2.75, 3.05) is 6.61 Å². The molecule has 1 fully saturated rings. The number of aliphatic hydroxyl groups excluding tert-OH is 1. The second-order valence-electron chi connectivity index (χ2n) is 3.93. The van der Waals surface area contributed by atoms with Crippen LogP contribution in [0.1, 0.15) is 32.1 Å². The molecule has 1 rings (SSSR count). The van der Waals surface area contributed by atoms with Gasteiger partial charge in [0.25, 0.3) is 0 Å². The first-order valence-electron chi connectivity index (χ1n) is 5.26. The average Bonchev–Trinajstić information content (AvgIpc) is 2.18. The molecule has 0 aromatic rings. The van der Waals surface area contributed by atoms with Gasteiger partial charge in [0.1, 0.15) is 0 Å². The Morgan fingerprint density at radius 3 is 2.27 bits per heavy atom. The summed E-state index contributed by atoms with van der Waals surface area (Å²) in [6.45, 7) is -0.143. The van der Waals surface area contributed by atoms with E-state index >= 15 is 0 Å². The first kappa shape index (κ1) is 12.0. The smallest absolute Gasteiger partial charge is 0.306 e. The molecule has 0 bridgehead atoms. The SMILES string of the molecule is O=C(CCO)NC1CCC(C(=O)O)CC1. The van der Waals surface area contributed by atoms with Gasteiger partial charge in [0.15, 0.2) is 0 Å². The quantitative estimate of drug-likeness (QED) is 0.622. The molecule has 0 saturated heterocycles. The first-order chi connectivity index (χ1) is 7.13. The Balaban J connectivity index is 2.25. The normalized spacial score (nSPS) is 25.9. The minimum Gasteiger partial charge on any atom is -0.481 e. The fourth-order valence-corrected chi connectivity index (χ4v) is 1.89. The van der Waals surface area contributed by atoms with Gasteiger partial charge in [0, 0.05) is 12.5 Å². The molecular weight excluding hydrogens is 198 g/mol. The highest BCUT2D eigenvalue weighted by Crippen LogP contribution is 2.24. The lowest BCUT2D eigenvalue weighted by molar-refractivity contribution is -0.142. The molecule has 1 aliphatic rings. The van der Waals surface area contributed by atoms with Crippen LogP contribution in [0.5, 0.6) is 0 Å². The topological polar surface area (TPSA) is 86.6 Å². The summed E-state index contributed by atoms with van der Waals surface area (Å²) >= 11 is 0. The van der Waals surface area contributed by atoms with Crippen molar-refractivity contribution < 1.29 is 19.8 Å². The van der Waals surface area contributed by atoms with Gasteiger partial charge in [-0.1, -0.05) is 0 Å². The molecule has 1 aliphatic carbocycles. The zero-order valence-corrected chi connectivity index (χ0v) is 8.61. The highest BCUT2D eigenvalue weighted by atomic mass is 16.4. The molecule has 1 amide bonds. The molecule has 5 nitrogen and oxygen atoms in total. The van der Waals surface area contributed by atoms with E-state index < -0.39 is 5.97 Å². The van der Waals surface area contributed by atoms with Gasteiger partial charge in [-0.25, -0.2) is 0 Å². The van der Waals surface area contributed by atoms with Crippen molar-refractivity contribution in [3.05, 3.63) is 0 Å². The summed E-state index contributed by atoms with van der Waals surface area (Å²) in [7, 11) is 0. The Labute approximate surface area is 88.5 Å². The van der Waals surface area contributed by atoms with Crippen LogP contribution >= 0.6 is 0 Å². The molecule has 0 aromatic heterocycles. The standard InChI is InChI=1S/C10H17NO4/c12-6-5-9(13)11-8-3-1-7(2-4-8)10(14)15/h7-8,12H,1-6H2,(H,11,13)(H,14,15). The predicted molar refractivity (Wildman–Crippen MR) is 53.2 cm³/mol. The van der Waals surface area contributed by atoms with Gasteiger partial charge in [-0.2, -0.15) is 0 Å². The summed E-state index contributed by atoms with van der Waals surface area (Å²) in [5.41, 5.74) is 0. The van der Waals surface area contributed by atoms with Gasteiger partial charge >= 0.3 is 5.97 Å². The van der Waals surface area contributed by atoms with Gasteiger partial charge in [-0.05, 0) is 25.7 Å². The first-order valence-corrected chi connectivity index (χ1v) is 5.26. The Morgan fingerprint density at radius 2 is 1.80 bits per heavy atom. The molecule has 0 radical (unpaired) electrons. The maximum atomic E-state index is 11.1. The molecule has 86 valence electrons. The molecule has 1 saturated carbocycles. The molecule has 0 aliphatic heterocycles. The van der Waals surface area contributed by atoms with Gasteiger partial charge in [0.05, 0.1) is 12.5 Å². The van der Waals surface area contributed by atoms with Crippen LogP contribution in [0.15, 0.2) is 0 Å². The summed E-state index contributed by atoms with van der Waals surface area (Å²) in [6, 6.07) is 0.0830. The maximum absolute atomic E-state index is 11.1. The highest BCUT2D eigenvalue weighted by molar-refractivity contribution is 5.76. The molecule has 0 aromatic carbocycles. The molecule has 0 spiro atoms. The van der Waals surface area contributed by atoms with Crippen molar-refractivity contribution in [1.82, 2.24) is 5.32 Å². The number of carbonyl (C=O) groups is 2. The lowest BCUT2D eigenvalue weighted by atomic mass is 9.86. The van der Waals surface area contributed by atoms with Crippen molar-refractivity contribution in [3.63, 3.8) is 0 Å². The summed E-state index contributed by atoms with van der Waals surface area (Å²) in [5.74, 6) is -1.15. The van der Waals surface area contributed by atoms with E-state index in [1.807, 2.05) is 0 Å². The summed E-state index contributed by atoms with van der Waals surface area (Å²) in [4.78, 5) is 21.8. The number of carboxylic acid groups (broad SMARTS) is 1. The summed E-state index contributed by atoms with van der Waals surface area (Å²) < 4.78 is 0. The molecule has 0 unspecified atom stereocenters. The van der Waals surface area contributed by atoms with Gasteiger partial charge in [-0.15, -0.1) is 0 Å². The van der Waals surface area contributed by atoms with Crippen molar-refractivity contribution in [2.24, 2.45) is 5.92 Å². The van der Waals surface area contributed by atoms with Crippen LogP contribution in [-0.4, -0.2) is 34.7 Å². The second kappa shape index (κ2) is 5.70. The van der Waals surface area contributed by atoms with Crippen LogP contribution in [0, 0.1) is 5.92 Å². The summed E-state index contributed by atoms with van der Waals surface area (Å²) in [5, 5.41) is 20.1. The van der Waals surface area contributed by atoms with Crippen molar-refractivity contribution in [3.8, 4) is 0 Å². The van der Waals surface area contributed by atoms with E-state index in [9.17, 15) is 9.59 Å². The van der Waals surface area contributed by atoms with Crippen LogP contribution in [0.2, 0.25) is 0 Å². The molecule has 15 heavy (non-hydrogen) atoms. The van der Waals surface area contributed by atoms with Crippen molar-refractivity contribution in [1.29, 1.82) is 0 Å².